The van der Waals surface area contributed by atoms with Crippen LogP contribution in [0.4, 0.5) is 5.69 Å². The van der Waals surface area contributed by atoms with E-state index < -0.39 is 4.92 Å². The number of likely N-dealkylation sites (N-methyl/N-ethyl adjacent to an activating group) is 1. The predicted octanol–water partition coefficient (Wildman–Crippen LogP) is 2.51. The lowest BCUT2D eigenvalue weighted by Crippen LogP contribution is -2.42. The summed E-state index contributed by atoms with van der Waals surface area (Å²) in [5.41, 5.74) is 0.441. The maximum absolute atomic E-state index is 12.3. The van der Waals surface area contributed by atoms with Gasteiger partial charge >= 0.3 is 0 Å². The van der Waals surface area contributed by atoms with Gasteiger partial charge in [-0.25, -0.2) is 0 Å². The molecule has 0 aliphatic heterocycles. The number of hydrogen-bond donors (Lipinski definition) is 1. The Labute approximate surface area is 160 Å². The number of rotatable bonds is 9. The summed E-state index contributed by atoms with van der Waals surface area (Å²) in [5, 5.41) is 15.5. The molecule has 0 saturated heterocycles. The van der Waals surface area contributed by atoms with Crippen molar-refractivity contribution in [1.29, 1.82) is 0 Å². The van der Waals surface area contributed by atoms with Crippen LogP contribution in [-0.4, -0.2) is 41.3 Å². The third kappa shape index (κ3) is 6.07. The Kier molecular flexibility index (Phi) is 7.30. The summed E-state index contributed by atoms with van der Waals surface area (Å²) in [4.78, 5) is 37.1. The molecule has 1 aromatic heterocycles. The number of thiophene rings is 1. The summed E-state index contributed by atoms with van der Waals surface area (Å²) in [6, 6.07) is 8.13. The topological polar surface area (TPSA) is 102 Å². The van der Waals surface area contributed by atoms with Crippen molar-refractivity contribution in [2.24, 2.45) is 0 Å². The first-order valence-electron chi connectivity index (χ1n) is 8.35. The molecule has 0 aliphatic rings. The highest BCUT2D eigenvalue weighted by molar-refractivity contribution is 7.09. The Morgan fingerprint density at radius 1 is 1.33 bits per heavy atom. The first-order chi connectivity index (χ1) is 12.9. The van der Waals surface area contributed by atoms with E-state index in [0.29, 0.717) is 24.4 Å². The zero-order chi connectivity index (χ0) is 19.8. The quantitative estimate of drug-likeness (QED) is 0.523. The Morgan fingerprint density at radius 3 is 2.70 bits per heavy atom. The van der Waals surface area contributed by atoms with Gasteiger partial charge in [0, 0.05) is 23.1 Å². The van der Waals surface area contributed by atoms with E-state index in [9.17, 15) is 19.7 Å². The minimum absolute atomic E-state index is 0.00808. The van der Waals surface area contributed by atoms with Crippen LogP contribution in [0.2, 0.25) is 0 Å². The van der Waals surface area contributed by atoms with Gasteiger partial charge in [-0.2, -0.15) is 0 Å². The van der Waals surface area contributed by atoms with E-state index in [0.717, 1.165) is 4.88 Å². The summed E-state index contributed by atoms with van der Waals surface area (Å²) >= 11 is 1.55. The number of benzene rings is 1. The summed E-state index contributed by atoms with van der Waals surface area (Å²) in [6.07, 6.45) is 0. The normalized spacial score (nSPS) is 10.3. The molecule has 1 N–H and O–H groups in total. The van der Waals surface area contributed by atoms with Gasteiger partial charge in [0.25, 0.3) is 11.6 Å². The zero-order valence-corrected chi connectivity index (χ0v) is 16.0. The van der Waals surface area contributed by atoms with Gasteiger partial charge in [-0.1, -0.05) is 6.07 Å². The van der Waals surface area contributed by atoms with Crippen LogP contribution in [0, 0.1) is 17.0 Å². The molecule has 2 amide bonds. The number of hydrogen-bond acceptors (Lipinski definition) is 6. The monoisotopic (exact) mass is 391 g/mol. The molecule has 2 rings (SSSR count). The van der Waals surface area contributed by atoms with Crippen molar-refractivity contribution in [2.75, 3.05) is 19.7 Å². The van der Waals surface area contributed by atoms with Crippen molar-refractivity contribution >= 4 is 28.8 Å². The molecular formula is C18H21N3O5S. The molecule has 1 aromatic carbocycles. The van der Waals surface area contributed by atoms with Gasteiger partial charge < -0.3 is 15.0 Å². The molecule has 27 heavy (non-hydrogen) atoms. The largest absolute Gasteiger partial charge is 0.484 e. The van der Waals surface area contributed by atoms with Gasteiger partial charge in [0.1, 0.15) is 5.75 Å². The van der Waals surface area contributed by atoms with Gasteiger partial charge in [-0.05, 0) is 37.4 Å². The summed E-state index contributed by atoms with van der Waals surface area (Å²) in [6.45, 7) is 3.88. The van der Waals surface area contributed by atoms with E-state index in [1.165, 1.54) is 23.1 Å². The molecule has 0 saturated carbocycles. The van der Waals surface area contributed by atoms with Crippen molar-refractivity contribution in [2.45, 2.75) is 20.4 Å². The molecule has 0 bridgehead atoms. The highest BCUT2D eigenvalue weighted by Crippen LogP contribution is 2.23. The third-order valence-electron chi connectivity index (χ3n) is 3.84. The molecule has 144 valence electrons. The second kappa shape index (κ2) is 9.67. The zero-order valence-electron chi connectivity index (χ0n) is 15.1. The van der Waals surface area contributed by atoms with Crippen molar-refractivity contribution in [1.82, 2.24) is 10.2 Å². The second-order valence-electron chi connectivity index (χ2n) is 5.76. The Balaban J connectivity index is 1.84. The van der Waals surface area contributed by atoms with Gasteiger partial charge in [-0.15, -0.1) is 11.3 Å². The number of nitro benzene ring substituents is 1. The molecule has 2 aromatic rings. The van der Waals surface area contributed by atoms with Gasteiger partial charge in [0.05, 0.1) is 18.0 Å². The summed E-state index contributed by atoms with van der Waals surface area (Å²) in [5.74, 6) is -0.214. The highest BCUT2D eigenvalue weighted by atomic mass is 32.1. The third-order valence-corrected chi connectivity index (χ3v) is 4.71. The van der Waals surface area contributed by atoms with Crippen LogP contribution in [0.1, 0.15) is 17.4 Å². The number of aryl methyl sites for hydroxylation is 1. The molecule has 0 atom stereocenters. The number of carbonyl (C=O) groups is 2. The molecule has 8 nitrogen and oxygen atoms in total. The van der Waals surface area contributed by atoms with E-state index in [1.54, 1.807) is 25.2 Å². The number of nitrogens with zero attached hydrogens (tertiary/aromatic N) is 2. The number of carbonyl (C=O) groups excluding carboxylic acids is 2. The first-order valence-corrected chi connectivity index (χ1v) is 9.23. The van der Waals surface area contributed by atoms with Crippen LogP contribution in [0.15, 0.2) is 35.7 Å². The lowest BCUT2D eigenvalue weighted by molar-refractivity contribution is -0.385. The van der Waals surface area contributed by atoms with Crippen LogP contribution in [0.3, 0.4) is 0 Å². The smallest absolute Gasteiger partial charge is 0.272 e. The van der Waals surface area contributed by atoms with Gasteiger partial charge in [0.2, 0.25) is 5.91 Å². The second-order valence-corrected chi connectivity index (χ2v) is 6.79. The molecular weight excluding hydrogens is 370 g/mol. The fourth-order valence-electron chi connectivity index (χ4n) is 2.36. The van der Waals surface area contributed by atoms with Crippen LogP contribution in [0.5, 0.6) is 5.75 Å². The molecule has 0 radical (unpaired) electrons. The first kappa shape index (κ1) is 20.4. The molecule has 1 heterocycles. The fourth-order valence-corrected chi connectivity index (χ4v) is 3.01. The van der Waals surface area contributed by atoms with E-state index in [4.69, 9.17) is 4.74 Å². The summed E-state index contributed by atoms with van der Waals surface area (Å²) in [7, 11) is 0. The fraction of sp³-hybridized carbons (Fsp3) is 0.333. The van der Waals surface area contributed by atoms with Crippen LogP contribution in [-0.2, 0) is 16.1 Å². The minimum Gasteiger partial charge on any atom is -0.484 e. The number of nitro groups is 1. The maximum atomic E-state index is 12.3. The number of ether oxygens (including phenoxy) is 1. The standard InChI is InChI=1S/C18H21N3O5S/c1-3-20(11-17(22)19-10-15-5-4-8-27-15)18(23)12-26-14-6-7-16(21(24)25)13(2)9-14/h4-9H,3,10-12H2,1-2H3,(H,19,22). The molecule has 0 unspecified atom stereocenters. The maximum Gasteiger partial charge on any atom is 0.272 e. The number of amides is 2. The molecule has 0 fully saturated rings. The van der Waals surface area contributed by atoms with Gasteiger partial charge in [0.15, 0.2) is 6.61 Å². The number of nitrogens with one attached hydrogen (secondary N) is 1. The van der Waals surface area contributed by atoms with Gasteiger partial charge in [-0.3, -0.25) is 19.7 Å². The summed E-state index contributed by atoms with van der Waals surface area (Å²) < 4.78 is 5.42. The van der Waals surface area contributed by atoms with Crippen molar-refractivity contribution in [3.63, 3.8) is 0 Å². The molecule has 9 heteroatoms. The Hall–Kier alpha value is -2.94. The molecule has 0 aliphatic carbocycles. The lowest BCUT2D eigenvalue weighted by Gasteiger charge is -2.20. The van der Waals surface area contributed by atoms with E-state index in [1.807, 2.05) is 17.5 Å². The minimum atomic E-state index is -0.474. The van der Waals surface area contributed by atoms with Crippen LogP contribution < -0.4 is 10.1 Å². The highest BCUT2D eigenvalue weighted by Gasteiger charge is 2.17. The van der Waals surface area contributed by atoms with E-state index in [2.05, 4.69) is 5.32 Å². The van der Waals surface area contributed by atoms with E-state index >= 15 is 0 Å². The van der Waals surface area contributed by atoms with Crippen molar-refractivity contribution in [3.8, 4) is 5.75 Å². The van der Waals surface area contributed by atoms with Crippen molar-refractivity contribution < 1.29 is 19.2 Å². The Morgan fingerprint density at radius 2 is 2.11 bits per heavy atom. The Bertz CT molecular complexity index is 807. The SMILES string of the molecule is CCN(CC(=O)NCc1cccs1)C(=O)COc1ccc([N+](=O)[O-])c(C)c1. The average Bonchev–Trinajstić information content (AvgIpc) is 3.15. The van der Waals surface area contributed by atoms with Crippen molar-refractivity contribution in [3.05, 3.63) is 56.3 Å². The van der Waals surface area contributed by atoms with Crippen LogP contribution in [0.25, 0.3) is 0 Å². The lowest BCUT2D eigenvalue weighted by atomic mass is 10.2. The van der Waals surface area contributed by atoms with E-state index in [-0.39, 0.29) is 30.7 Å². The molecule has 0 spiro atoms. The average molecular weight is 391 g/mol. The predicted molar refractivity (Wildman–Crippen MR) is 102 cm³/mol. The van der Waals surface area contributed by atoms with Crippen LogP contribution >= 0.6 is 11.3 Å².